The molecule has 2 rings (SSSR count). The van der Waals surface area contributed by atoms with E-state index < -0.39 is 45.8 Å². The van der Waals surface area contributed by atoms with Gasteiger partial charge in [0.2, 0.25) is 10.0 Å². The monoisotopic (exact) mass is 407 g/mol. The first-order valence-corrected chi connectivity index (χ1v) is 8.85. The molecule has 1 aliphatic rings. The third kappa shape index (κ3) is 5.74. The quantitative estimate of drug-likeness (QED) is 0.703. The van der Waals surface area contributed by atoms with Gasteiger partial charge in [0, 0.05) is 19.3 Å². The third-order valence-corrected chi connectivity index (χ3v) is 5.51. The maximum absolute atomic E-state index is 12.9. The van der Waals surface area contributed by atoms with Gasteiger partial charge in [-0.05, 0) is 37.1 Å². The van der Waals surface area contributed by atoms with Gasteiger partial charge in [-0.25, -0.2) is 8.42 Å². The summed E-state index contributed by atoms with van der Waals surface area (Å²) in [6.45, 7) is -1.46. The van der Waals surface area contributed by atoms with Crippen molar-refractivity contribution in [2.24, 2.45) is 0 Å². The van der Waals surface area contributed by atoms with E-state index in [9.17, 15) is 34.8 Å². The molecule has 0 aromatic heterocycles. The van der Waals surface area contributed by atoms with Crippen LogP contribution in [-0.2, 0) is 14.8 Å². The second-order valence-electron chi connectivity index (χ2n) is 5.53. The fourth-order valence-corrected chi connectivity index (χ4v) is 4.18. The molecule has 26 heavy (non-hydrogen) atoms. The van der Waals surface area contributed by atoms with Crippen molar-refractivity contribution >= 4 is 10.0 Å². The Kier molecular flexibility index (Phi) is 6.08. The fourth-order valence-electron chi connectivity index (χ4n) is 2.51. The zero-order chi connectivity index (χ0) is 19.6. The number of ether oxygens (including phenoxy) is 2. The molecule has 0 amide bonds. The van der Waals surface area contributed by atoms with E-state index >= 15 is 0 Å². The van der Waals surface area contributed by atoms with Gasteiger partial charge in [0.1, 0.15) is 12.3 Å². The molecule has 148 valence electrons. The van der Waals surface area contributed by atoms with E-state index in [-0.39, 0.29) is 26.1 Å². The zero-order valence-corrected chi connectivity index (χ0v) is 14.0. The van der Waals surface area contributed by atoms with Crippen LogP contribution < -0.4 is 4.74 Å². The molecule has 1 fully saturated rings. The number of nitrogens with zero attached hydrogens (tertiary/aromatic N) is 1. The maximum atomic E-state index is 12.9. The summed E-state index contributed by atoms with van der Waals surface area (Å²) < 4.78 is 109. The molecule has 1 aromatic carbocycles. The number of sulfonamides is 1. The van der Waals surface area contributed by atoms with Crippen LogP contribution in [0.5, 0.6) is 5.75 Å². The highest BCUT2D eigenvalue weighted by molar-refractivity contribution is 7.89. The maximum Gasteiger partial charge on any atom is 0.573 e. The molecule has 0 bridgehead atoms. The smallest absolute Gasteiger partial charge is 0.406 e. The Morgan fingerprint density at radius 3 is 2.04 bits per heavy atom. The van der Waals surface area contributed by atoms with Crippen LogP contribution in [0, 0.1) is 0 Å². The summed E-state index contributed by atoms with van der Waals surface area (Å²) in [6, 6.07) is 2.10. The van der Waals surface area contributed by atoms with E-state index in [2.05, 4.69) is 4.74 Å². The lowest BCUT2D eigenvalue weighted by Gasteiger charge is -2.33. The van der Waals surface area contributed by atoms with Crippen LogP contribution in [0.15, 0.2) is 29.2 Å². The van der Waals surface area contributed by atoms with Crippen molar-refractivity contribution in [3.8, 4) is 5.75 Å². The summed E-state index contributed by atoms with van der Waals surface area (Å²) in [6.07, 6.45) is -9.56. The molecule has 1 saturated heterocycles. The van der Waals surface area contributed by atoms with Crippen molar-refractivity contribution in [1.29, 1.82) is 0 Å². The Morgan fingerprint density at radius 2 is 1.58 bits per heavy atom. The lowest BCUT2D eigenvalue weighted by Crippen LogP contribution is -2.47. The minimum atomic E-state index is -4.97. The molecular weight excluding hydrogens is 392 g/mol. The highest BCUT2D eigenvalue weighted by Crippen LogP contribution is 2.30. The number of alkyl halides is 6. The van der Waals surface area contributed by atoms with Crippen LogP contribution in [0.2, 0.25) is 0 Å². The largest absolute Gasteiger partial charge is 0.573 e. The predicted octanol–water partition coefficient (Wildman–Crippen LogP) is 3.32. The second-order valence-corrected chi connectivity index (χ2v) is 7.42. The number of halogens is 6. The van der Waals surface area contributed by atoms with Gasteiger partial charge in [-0.2, -0.15) is 17.5 Å². The SMILES string of the molecule is O=S(=O)(c1ccc(OC(F)(F)F)cc1)N(CC(F)(F)F)C1CCOCC1. The Morgan fingerprint density at radius 1 is 1.04 bits per heavy atom. The number of hydrogen-bond donors (Lipinski definition) is 0. The molecular formula is C14H15F6NO4S. The summed E-state index contributed by atoms with van der Waals surface area (Å²) in [7, 11) is -4.57. The van der Waals surface area contributed by atoms with Crippen LogP contribution in [0.25, 0.3) is 0 Å². The minimum absolute atomic E-state index is 0.0879. The van der Waals surface area contributed by atoms with Crippen molar-refractivity contribution in [2.45, 2.75) is 36.3 Å². The summed E-state index contributed by atoms with van der Waals surface area (Å²) in [5.74, 6) is -0.676. The first kappa shape index (κ1) is 20.8. The first-order valence-electron chi connectivity index (χ1n) is 7.41. The van der Waals surface area contributed by atoms with Crippen LogP contribution in [-0.4, -0.2) is 51.1 Å². The van der Waals surface area contributed by atoms with Crippen molar-refractivity contribution in [3.05, 3.63) is 24.3 Å². The molecule has 1 aliphatic heterocycles. The van der Waals surface area contributed by atoms with E-state index in [1.165, 1.54) is 0 Å². The van der Waals surface area contributed by atoms with Gasteiger partial charge in [0.05, 0.1) is 4.90 Å². The minimum Gasteiger partial charge on any atom is -0.406 e. The molecule has 0 unspecified atom stereocenters. The summed E-state index contributed by atoms with van der Waals surface area (Å²) in [5.41, 5.74) is 0. The molecule has 0 spiro atoms. The highest BCUT2D eigenvalue weighted by atomic mass is 32.2. The van der Waals surface area contributed by atoms with E-state index in [1.807, 2.05) is 0 Å². The zero-order valence-electron chi connectivity index (χ0n) is 13.2. The number of rotatable bonds is 5. The van der Waals surface area contributed by atoms with Crippen LogP contribution >= 0.6 is 0 Å². The van der Waals surface area contributed by atoms with Gasteiger partial charge in [0.15, 0.2) is 0 Å². The molecule has 12 heteroatoms. The van der Waals surface area contributed by atoms with E-state index in [1.54, 1.807) is 0 Å². The van der Waals surface area contributed by atoms with Gasteiger partial charge >= 0.3 is 12.5 Å². The first-order chi connectivity index (χ1) is 11.9. The van der Waals surface area contributed by atoms with Gasteiger partial charge in [-0.3, -0.25) is 0 Å². The van der Waals surface area contributed by atoms with E-state index in [0.29, 0.717) is 4.31 Å². The lowest BCUT2D eigenvalue weighted by atomic mass is 10.1. The second kappa shape index (κ2) is 7.61. The topological polar surface area (TPSA) is 55.8 Å². The Bertz CT molecular complexity index is 696. The molecule has 1 heterocycles. The number of hydrogen-bond acceptors (Lipinski definition) is 4. The summed E-state index contributed by atoms with van der Waals surface area (Å²) in [5, 5.41) is 0. The molecule has 0 N–H and O–H groups in total. The molecule has 5 nitrogen and oxygen atoms in total. The third-order valence-electron chi connectivity index (χ3n) is 3.60. The van der Waals surface area contributed by atoms with Gasteiger partial charge in [-0.1, -0.05) is 0 Å². The lowest BCUT2D eigenvalue weighted by molar-refractivity contribution is -0.274. The predicted molar refractivity (Wildman–Crippen MR) is 76.9 cm³/mol. The summed E-state index contributed by atoms with van der Waals surface area (Å²) in [4.78, 5) is -0.553. The molecule has 0 saturated carbocycles. The Labute approximate surface area is 145 Å². The van der Waals surface area contributed by atoms with E-state index in [0.717, 1.165) is 24.3 Å². The highest BCUT2D eigenvalue weighted by Gasteiger charge is 2.41. The fraction of sp³-hybridized carbons (Fsp3) is 0.571. The van der Waals surface area contributed by atoms with Crippen LogP contribution in [0.3, 0.4) is 0 Å². The van der Waals surface area contributed by atoms with Crippen molar-refractivity contribution < 1.29 is 44.2 Å². The number of benzene rings is 1. The van der Waals surface area contributed by atoms with Crippen molar-refractivity contribution in [2.75, 3.05) is 19.8 Å². The summed E-state index contributed by atoms with van der Waals surface area (Å²) >= 11 is 0. The van der Waals surface area contributed by atoms with Crippen LogP contribution in [0.4, 0.5) is 26.3 Å². The van der Waals surface area contributed by atoms with Crippen molar-refractivity contribution in [3.63, 3.8) is 0 Å². The molecule has 0 atom stereocenters. The van der Waals surface area contributed by atoms with Gasteiger partial charge < -0.3 is 9.47 Å². The average Bonchev–Trinajstić information content (AvgIpc) is 2.51. The normalized spacial score (nSPS) is 17.5. The molecule has 1 aromatic rings. The molecule has 0 aliphatic carbocycles. The Balaban J connectivity index is 2.30. The van der Waals surface area contributed by atoms with E-state index in [4.69, 9.17) is 4.74 Å². The standard InChI is InChI=1S/C14H15F6NO4S/c15-13(16,17)9-21(10-5-7-24-8-6-10)26(22,23)12-3-1-11(2-4-12)25-14(18,19)20/h1-4,10H,5-9H2. The average molecular weight is 407 g/mol. The van der Waals surface area contributed by atoms with Gasteiger partial charge in [-0.15, -0.1) is 13.2 Å². The van der Waals surface area contributed by atoms with Crippen LogP contribution in [0.1, 0.15) is 12.8 Å². The van der Waals surface area contributed by atoms with Gasteiger partial charge in [0.25, 0.3) is 0 Å². The molecule has 0 radical (unpaired) electrons. The van der Waals surface area contributed by atoms with Crippen molar-refractivity contribution in [1.82, 2.24) is 4.31 Å². The Hall–Kier alpha value is -1.53.